The Balaban J connectivity index is 1.38. The predicted molar refractivity (Wildman–Crippen MR) is 135 cm³/mol. The number of alkyl halides is 1. The molecule has 4 heterocycles. The van der Waals surface area contributed by atoms with Crippen LogP contribution in [0.3, 0.4) is 0 Å². The molecule has 2 amide bonds. The Morgan fingerprint density at radius 1 is 1.14 bits per heavy atom. The molecule has 0 bridgehead atoms. The number of piperidine rings is 1. The third-order valence-electron chi connectivity index (χ3n) is 8.23. The topological polar surface area (TPSA) is 80.2 Å². The fourth-order valence-electron chi connectivity index (χ4n) is 6.27. The van der Waals surface area contributed by atoms with Crippen molar-refractivity contribution in [3.8, 4) is 11.3 Å². The monoisotopic (exact) mass is 505 g/mol. The van der Waals surface area contributed by atoms with E-state index in [1.807, 2.05) is 45.9 Å². The number of nitrogens with zero attached hydrogens (tertiary/aromatic N) is 3. The second kappa shape index (κ2) is 7.51. The number of carbonyl (C=O) groups is 3. The van der Waals surface area contributed by atoms with Gasteiger partial charge in [-0.15, -0.1) is 11.3 Å². The Bertz CT molecular complexity index is 1460. The summed E-state index contributed by atoms with van der Waals surface area (Å²) in [4.78, 5) is 50.7. The molecule has 8 heteroatoms. The van der Waals surface area contributed by atoms with E-state index in [1.165, 1.54) is 23.2 Å². The van der Waals surface area contributed by atoms with Gasteiger partial charge in [-0.25, -0.2) is 4.39 Å². The first-order valence-corrected chi connectivity index (χ1v) is 13.1. The van der Waals surface area contributed by atoms with Crippen LogP contribution in [0.25, 0.3) is 21.5 Å². The lowest BCUT2D eigenvalue weighted by Crippen LogP contribution is -2.41. The minimum Gasteiger partial charge on any atom is -0.294 e. The molecule has 36 heavy (non-hydrogen) atoms. The second-order valence-electron chi connectivity index (χ2n) is 11.5. The van der Waals surface area contributed by atoms with Gasteiger partial charge in [-0.2, -0.15) is 0 Å². The number of aryl methyl sites for hydroxylation is 2. The van der Waals surface area contributed by atoms with Crippen molar-refractivity contribution in [3.05, 3.63) is 46.1 Å². The van der Waals surface area contributed by atoms with Gasteiger partial charge in [0.25, 0.3) is 0 Å². The van der Waals surface area contributed by atoms with Crippen LogP contribution in [0.5, 0.6) is 0 Å². The second-order valence-corrected chi connectivity index (χ2v) is 12.6. The standard InChI is InChI=1S/C28H28FN3O3S/c1-13-8-14(2)31-22(19(13)23(33)15-10-28(5,29)11-15)17-6-7-30-18-9-16(36-24(17)18)12-32-25(34)20-21(26(32)35)27(20,3)4/h6-9,15,20-21H,10-12H2,1-5H3. The van der Waals surface area contributed by atoms with E-state index in [9.17, 15) is 18.8 Å². The number of rotatable bonds is 5. The highest BCUT2D eigenvalue weighted by molar-refractivity contribution is 7.19. The van der Waals surface area contributed by atoms with Gasteiger partial charge >= 0.3 is 0 Å². The van der Waals surface area contributed by atoms with Gasteiger partial charge in [0.15, 0.2) is 5.78 Å². The summed E-state index contributed by atoms with van der Waals surface area (Å²) in [6.07, 6.45) is 2.14. The first kappa shape index (κ1) is 23.4. The lowest BCUT2D eigenvalue weighted by atomic mass is 9.69. The summed E-state index contributed by atoms with van der Waals surface area (Å²) in [7, 11) is 0. The van der Waals surface area contributed by atoms with E-state index in [-0.39, 0.29) is 60.2 Å². The summed E-state index contributed by atoms with van der Waals surface area (Å²) >= 11 is 1.47. The van der Waals surface area contributed by atoms with Gasteiger partial charge in [-0.1, -0.05) is 13.8 Å². The number of hydrogen-bond acceptors (Lipinski definition) is 6. The zero-order valence-electron chi connectivity index (χ0n) is 21.0. The molecular weight excluding hydrogens is 477 g/mol. The molecule has 6 nitrogen and oxygen atoms in total. The third-order valence-corrected chi connectivity index (χ3v) is 9.37. The predicted octanol–water partition coefficient (Wildman–Crippen LogP) is 5.44. The highest BCUT2D eigenvalue weighted by Crippen LogP contribution is 2.63. The van der Waals surface area contributed by atoms with Crippen LogP contribution in [0.4, 0.5) is 4.39 Å². The molecule has 1 aliphatic heterocycles. The van der Waals surface area contributed by atoms with Crippen LogP contribution < -0.4 is 0 Å². The van der Waals surface area contributed by atoms with E-state index >= 15 is 0 Å². The minimum atomic E-state index is -1.29. The molecule has 6 rings (SSSR count). The molecule has 2 atom stereocenters. The number of halogens is 1. The Labute approximate surface area is 212 Å². The molecule has 3 fully saturated rings. The van der Waals surface area contributed by atoms with Crippen LogP contribution in [0.15, 0.2) is 24.4 Å². The van der Waals surface area contributed by atoms with Crippen LogP contribution >= 0.6 is 11.3 Å². The van der Waals surface area contributed by atoms with E-state index in [1.54, 1.807) is 6.20 Å². The number of ketones is 1. The first-order chi connectivity index (χ1) is 16.9. The molecule has 3 aromatic heterocycles. The van der Waals surface area contributed by atoms with Crippen LogP contribution in [-0.2, 0) is 16.1 Å². The molecule has 0 aromatic carbocycles. The van der Waals surface area contributed by atoms with E-state index in [2.05, 4.69) is 4.98 Å². The van der Waals surface area contributed by atoms with Gasteiger partial charge in [0.05, 0.1) is 34.3 Å². The molecular formula is C28H28FN3O3S. The zero-order chi connectivity index (χ0) is 25.7. The summed E-state index contributed by atoms with van der Waals surface area (Å²) in [6.45, 7) is 9.50. The summed E-state index contributed by atoms with van der Waals surface area (Å²) in [5, 5.41) is 0. The van der Waals surface area contributed by atoms with Gasteiger partial charge in [0.2, 0.25) is 11.8 Å². The lowest BCUT2D eigenvalue weighted by Gasteiger charge is -2.38. The summed E-state index contributed by atoms with van der Waals surface area (Å²) in [6, 6.07) is 5.65. The summed E-state index contributed by atoms with van der Waals surface area (Å²) in [5.74, 6) is -1.02. The smallest absolute Gasteiger partial charge is 0.234 e. The van der Waals surface area contributed by atoms with Crippen molar-refractivity contribution in [1.29, 1.82) is 0 Å². The Morgan fingerprint density at radius 3 is 2.44 bits per heavy atom. The highest BCUT2D eigenvalue weighted by atomic mass is 32.1. The third kappa shape index (κ3) is 3.37. The molecule has 0 radical (unpaired) electrons. The van der Waals surface area contributed by atoms with Crippen molar-refractivity contribution in [2.24, 2.45) is 23.2 Å². The number of aromatic nitrogens is 2. The number of carbonyl (C=O) groups excluding carboxylic acids is 3. The first-order valence-electron chi connectivity index (χ1n) is 12.3. The summed E-state index contributed by atoms with van der Waals surface area (Å²) in [5.41, 5.74) is 2.73. The van der Waals surface area contributed by atoms with Gasteiger partial charge in [-0.05, 0) is 62.8 Å². The molecule has 186 valence electrons. The fourth-order valence-corrected chi connectivity index (χ4v) is 7.38. The number of likely N-dealkylation sites (tertiary alicyclic amines) is 1. The van der Waals surface area contributed by atoms with Crippen LogP contribution in [-0.4, -0.2) is 38.1 Å². The van der Waals surface area contributed by atoms with Crippen LogP contribution in [0.2, 0.25) is 0 Å². The van der Waals surface area contributed by atoms with Crippen molar-refractivity contribution < 1.29 is 18.8 Å². The number of pyridine rings is 2. The van der Waals surface area contributed by atoms with Crippen molar-refractivity contribution in [2.45, 2.75) is 59.7 Å². The Kier molecular flexibility index (Phi) is 4.88. The van der Waals surface area contributed by atoms with E-state index in [0.717, 1.165) is 31.9 Å². The number of imide groups is 1. The fraction of sp³-hybridized carbons (Fsp3) is 0.464. The largest absolute Gasteiger partial charge is 0.294 e. The molecule has 3 aliphatic rings. The van der Waals surface area contributed by atoms with Gasteiger partial charge < -0.3 is 0 Å². The number of amides is 2. The van der Waals surface area contributed by atoms with Crippen molar-refractivity contribution >= 4 is 39.2 Å². The average Bonchev–Trinajstić information content (AvgIpc) is 3.02. The minimum absolute atomic E-state index is 0.0676. The maximum atomic E-state index is 14.2. The SMILES string of the molecule is Cc1cc(C)c(C(=O)C2CC(C)(F)C2)c(-c2ccnc3cc(CN4C(=O)C5C(C4=O)C5(C)C)sc23)n1. The number of Topliss-reactive ketones (excluding diaryl/α,β-unsaturated/α-hetero) is 1. The van der Waals surface area contributed by atoms with Crippen molar-refractivity contribution in [2.75, 3.05) is 0 Å². The molecule has 2 unspecified atom stereocenters. The number of hydrogen-bond donors (Lipinski definition) is 0. The van der Waals surface area contributed by atoms with Crippen LogP contribution in [0, 0.1) is 37.0 Å². The normalized spacial score (nSPS) is 28.4. The van der Waals surface area contributed by atoms with E-state index in [4.69, 9.17) is 4.98 Å². The molecule has 3 aromatic rings. The maximum Gasteiger partial charge on any atom is 0.234 e. The van der Waals surface area contributed by atoms with Gasteiger partial charge in [0, 0.05) is 33.8 Å². The zero-order valence-corrected chi connectivity index (χ0v) is 21.8. The van der Waals surface area contributed by atoms with Gasteiger partial charge in [-0.3, -0.25) is 29.3 Å². The Hall–Kier alpha value is -3.00. The lowest BCUT2D eigenvalue weighted by molar-refractivity contribution is -0.143. The molecule has 1 saturated heterocycles. The molecule has 2 aliphatic carbocycles. The van der Waals surface area contributed by atoms with Crippen molar-refractivity contribution in [1.82, 2.24) is 14.9 Å². The highest BCUT2D eigenvalue weighted by Gasteiger charge is 2.72. The maximum absolute atomic E-state index is 14.2. The quantitative estimate of drug-likeness (QED) is 0.341. The number of fused-ring (bicyclic) bond motifs is 2. The molecule has 0 N–H and O–H groups in total. The molecule has 0 spiro atoms. The van der Waals surface area contributed by atoms with Crippen molar-refractivity contribution in [3.63, 3.8) is 0 Å². The van der Waals surface area contributed by atoms with Gasteiger partial charge in [0.1, 0.15) is 5.67 Å². The number of thiophene rings is 1. The van der Waals surface area contributed by atoms with E-state index < -0.39 is 5.67 Å². The average molecular weight is 506 g/mol. The molecule has 2 saturated carbocycles. The van der Waals surface area contributed by atoms with E-state index in [0.29, 0.717) is 11.3 Å². The van der Waals surface area contributed by atoms with Crippen LogP contribution in [0.1, 0.15) is 60.1 Å². The summed E-state index contributed by atoms with van der Waals surface area (Å²) < 4.78 is 15.0. The Morgan fingerprint density at radius 2 is 1.81 bits per heavy atom.